The third-order valence-corrected chi connectivity index (χ3v) is 4.32. The monoisotopic (exact) mass is 380 g/mol. The molecule has 128 valence electrons. The van der Waals surface area contributed by atoms with Gasteiger partial charge in [0.05, 0.1) is 10.7 Å². The number of anilines is 2. The van der Waals surface area contributed by atoms with E-state index >= 15 is 0 Å². The van der Waals surface area contributed by atoms with Gasteiger partial charge in [-0.2, -0.15) is 0 Å². The molecule has 1 unspecified atom stereocenters. The van der Waals surface area contributed by atoms with E-state index < -0.39 is 29.5 Å². The van der Waals surface area contributed by atoms with Crippen LogP contribution in [0, 0.1) is 5.82 Å². The van der Waals surface area contributed by atoms with Crippen molar-refractivity contribution in [2.24, 2.45) is 0 Å². The Kier molecular flexibility index (Phi) is 4.49. The van der Waals surface area contributed by atoms with E-state index in [0.717, 1.165) is 17.9 Å². The zero-order chi connectivity index (χ0) is 18.3. The van der Waals surface area contributed by atoms with Crippen molar-refractivity contribution in [3.05, 3.63) is 57.8 Å². The first kappa shape index (κ1) is 17.4. The molecule has 1 atom stereocenters. The average Bonchev–Trinajstić information content (AvgIpc) is 2.81. The molecule has 0 spiro atoms. The molecule has 2 aromatic rings. The summed E-state index contributed by atoms with van der Waals surface area (Å²) >= 11 is 11.6. The molecule has 0 saturated heterocycles. The summed E-state index contributed by atoms with van der Waals surface area (Å²) < 4.78 is 13.8. The van der Waals surface area contributed by atoms with E-state index in [-0.39, 0.29) is 16.3 Å². The van der Waals surface area contributed by atoms with Crippen LogP contribution in [0.2, 0.25) is 10.0 Å². The molecule has 1 aliphatic rings. The lowest BCUT2D eigenvalue weighted by Crippen LogP contribution is -2.36. The summed E-state index contributed by atoms with van der Waals surface area (Å²) in [4.78, 5) is 37.7. The molecule has 0 radical (unpaired) electrons. The normalized spacial score (nSPS) is 15.9. The summed E-state index contributed by atoms with van der Waals surface area (Å²) in [5.41, 5.74) is 0.631. The maximum atomic E-state index is 13.8. The number of carbonyl (C=O) groups excluding carboxylic acids is 3. The quantitative estimate of drug-likeness (QED) is 0.806. The van der Waals surface area contributed by atoms with Crippen LogP contribution in [-0.2, 0) is 14.4 Å². The van der Waals surface area contributed by atoms with E-state index in [1.165, 1.54) is 6.07 Å². The minimum atomic E-state index is -1.30. The molecule has 0 saturated carbocycles. The number of carbonyl (C=O) groups is 3. The molecule has 3 amide bonds. The van der Waals surface area contributed by atoms with Crippen LogP contribution in [0.3, 0.4) is 0 Å². The van der Waals surface area contributed by atoms with Crippen molar-refractivity contribution in [3.8, 4) is 0 Å². The van der Waals surface area contributed by atoms with Crippen molar-refractivity contribution in [1.29, 1.82) is 0 Å². The molecular formula is C17H11Cl2FN2O3. The lowest BCUT2D eigenvalue weighted by atomic mass is 9.99. The van der Waals surface area contributed by atoms with Gasteiger partial charge in [-0.25, -0.2) is 9.29 Å². The van der Waals surface area contributed by atoms with E-state index in [4.69, 9.17) is 23.2 Å². The molecule has 0 aromatic heterocycles. The van der Waals surface area contributed by atoms with Crippen LogP contribution in [0.5, 0.6) is 0 Å². The molecule has 25 heavy (non-hydrogen) atoms. The van der Waals surface area contributed by atoms with Gasteiger partial charge in [0.15, 0.2) is 0 Å². The van der Waals surface area contributed by atoms with Crippen LogP contribution in [0.25, 0.3) is 0 Å². The number of halogens is 3. The van der Waals surface area contributed by atoms with Gasteiger partial charge in [0.2, 0.25) is 11.8 Å². The van der Waals surface area contributed by atoms with Crippen molar-refractivity contribution in [2.75, 3.05) is 10.2 Å². The molecule has 0 aliphatic carbocycles. The molecule has 0 fully saturated rings. The van der Waals surface area contributed by atoms with E-state index in [2.05, 4.69) is 5.32 Å². The van der Waals surface area contributed by atoms with Gasteiger partial charge in [-0.3, -0.25) is 14.4 Å². The lowest BCUT2D eigenvalue weighted by Gasteiger charge is -2.13. The maximum Gasteiger partial charge on any atom is 0.250 e. The molecule has 8 heteroatoms. The molecular weight excluding hydrogens is 370 g/mol. The fraction of sp³-hybridized carbons (Fsp3) is 0.118. The van der Waals surface area contributed by atoms with Gasteiger partial charge in [-0.15, -0.1) is 0 Å². The van der Waals surface area contributed by atoms with Gasteiger partial charge in [-0.1, -0.05) is 23.2 Å². The number of benzene rings is 2. The molecule has 1 N–H and O–H groups in total. The highest BCUT2D eigenvalue weighted by Gasteiger charge is 2.44. The largest absolute Gasteiger partial charge is 0.325 e. The molecule has 2 aromatic carbocycles. The van der Waals surface area contributed by atoms with Crippen LogP contribution in [0.15, 0.2) is 36.4 Å². The van der Waals surface area contributed by atoms with Crippen molar-refractivity contribution in [1.82, 2.24) is 0 Å². The number of hydrogen-bond donors (Lipinski definition) is 1. The summed E-state index contributed by atoms with van der Waals surface area (Å²) in [5, 5.41) is 2.84. The number of amides is 3. The number of fused-ring (bicyclic) bond motifs is 1. The van der Waals surface area contributed by atoms with E-state index in [1.54, 1.807) is 24.3 Å². The molecule has 3 rings (SSSR count). The third-order valence-electron chi connectivity index (χ3n) is 3.78. The predicted molar refractivity (Wildman–Crippen MR) is 92.4 cm³/mol. The first-order chi connectivity index (χ1) is 11.8. The summed E-state index contributed by atoms with van der Waals surface area (Å²) in [6, 6.07) is 8.47. The first-order valence-corrected chi connectivity index (χ1v) is 7.95. The van der Waals surface area contributed by atoms with Crippen molar-refractivity contribution >= 4 is 52.3 Å². The molecule has 0 bridgehead atoms. The van der Waals surface area contributed by atoms with Gasteiger partial charge < -0.3 is 5.32 Å². The smallest absolute Gasteiger partial charge is 0.250 e. The Morgan fingerprint density at radius 3 is 2.40 bits per heavy atom. The zero-order valence-corrected chi connectivity index (χ0v) is 14.4. The van der Waals surface area contributed by atoms with E-state index in [9.17, 15) is 18.8 Å². The van der Waals surface area contributed by atoms with Gasteiger partial charge in [0, 0.05) is 17.6 Å². The predicted octanol–water partition coefficient (Wildman–Crippen LogP) is 3.75. The van der Waals surface area contributed by atoms with Crippen LogP contribution >= 0.6 is 23.2 Å². The summed E-state index contributed by atoms with van der Waals surface area (Å²) in [6.07, 6.45) is 0. The lowest BCUT2D eigenvalue weighted by molar-refractivity contribution is -0.129. The average molecular weight is 381 g/mol. The van der Waals surface area contributed by atoms with Gasteiger partial charge in [0.1, 0.15) is 11.7 Å². The second-order valence-electron chi connectivity index (χ2n) is 5.45. The summed E-state index contributed by atoms with van der Waals surface area (Å²) in [5.74, 6) is -4.10. The highest BCUT2D eigenvalue weighted by molar-refractivity contribution is 6.33. The van der Waals surface area contributed by atoms with Crippen molar-refractivity contribution < 1.29 is 18.8 Å². The van der Waals surface area contributed by atoms with E-state index in [1.807, 2.05) is 0 Å². The topological polar surface area (TPSA) is 66.5 Å². The van der Waals surface area contributed by atoms with Crippen molar-refractivity contribution in [3.63, 3.8) is 0 Å². The highest BCUT2D eigenvalue weighted by Crippen LogP contribution is 2.40. The first-order valence-electron chi connectivity index (χ1n) is 7.19. The van der Waals surface area contributed by atoms with Crippen LogP contribution in [-0.4, -0.2) is 17.7 Å². The van der Waals surface area contributed by atoms with Crippen LogP contribution in [0.1, 0.15) is 18.4 Å². The Morgan fingerprint density at radius 1 is 1.16 bits per heavy atom. The fourth-order valence-electron chi connectivity index (χ4n) is 2.68. The minimum absolute atomic E-state index is 0.0238. The van der Waals surface area contributed by atoms with Crippen LogP contribution in [0.4, 0.5) is 15.8 Å². The standard InChI is InChI=1S/C17H11Cl2FN2O3/c1-8(23)22-14-7-13(20)12(19)6-11(14)15(17(22)25)16(24)21-10-4-2-9(18)3-5-10/h2-7,15H,1H3,(H,21,24). The zero-order valence-electron chi connectivity index (χ0n) is 12.8. The Hall–Kier alpha value is -2.44. The Morgan fingerprint density at radius 2 is 1.80 bits per heavy atom. The minimum Gasteiger partial charge on any atom is -0.325 e. The maximum absolute atomic E-state index is 13.8. The number of nitrogens with zero attached hydrogens (tertiary/aromatic N) is 1. The van der Waals surface area contributed by atoms with Crippen LogP contribution < -0.4 is 10.2 Å². The molecule has 5 nitrogen and oxygen atoms in total. The summed E-state index contributed by atoms with van der Waals surface area (Å²) in [7, 11) is 0. The molecule has 1 heterocycles. The van der Waals surface area contributed by atoms with Gasteiger partial charge in [-0.05, 0) is 42.0 Å². The number of hydrogen-bond acceptors (Lipinski definition) is 3. The second-order valence-corrected chi connectivity index (χ2v) is 6.29. The number of imide groups is 1. The highest BCUT2D eigenvalue weighted by atomic mass is 35.5. The third kappa shape index (κ3) is 3.10. The SMILES string of the molecule is CC(=O)N1C(=O)C(C(=O)Nc2ccc(Cl)cc2)c2cc(Cl)c(F)cc21. The fourth-order valence-corrected chi connectivity index (χ4v) is 2.98. The van der Waals surface area contributed by atoms with Gasteiger partial charge in [0.25, 0.3) is 5.91 Å². The van der Waals surface area contributed by atoms with Crippen molar-refractivity contribution in [2.45, 2.75) is 12.8 Å². The number of rotatable bonds is 2. The van der Waals surface area contributed by atoms with E-state index in [0.29, 0.717) is 10.7 Å². The Bertz CT molecular complexity index is 900. The second kappa shape index (κ2) is 6.46. The molecule has 1 aliphatic heterocycles. The number of nitrogens with one attached hydrogen (secondary N) is 1. The Labute approximate surface area is 152 Å². The summed E-state index contributed by atoms with van der Waals surface area (Å²) in [6.45, 7) is 1.16. The van der Waals surface area contributed by atoms with Gasteiger partial charge >= 0.3 is 0 Å². The Balaban J connectivity index is 2.00.